The Balaban J connectivity index is 1.85. The molecule has 1 aliphatic rings. The molecule has 1 N–H and O–H groups in total. The molecule has 2 rings (SSSR count). The summed E-state index contributed by atoms with van der Waals surface area (Å²) < 4.78 is 0.516. The summed E-state index contributed by atoms with van der Waals surface area (Å²) in [6.45, 7) is 2.24. The molecule has 1 aromatic carbocycles. The van der Waals surface area contributed by atoms with Gasteiger partial charge in [0.25, 0.3) is 0 Å². The Morgan fingerprint density at radius 1 is 1.24 bits per heavy atom. The van der Waals surface area contributed by atoms with Gasteiger partial charge in [-0.3, -0.25) is 0 Å². The van der Waals surface area contributed by atoms with E-state index in [1.54, 1.807) is 0 Å². The standard InChI is InChI=1S/C18H25NS2/c1-2-3-4-5-14-6-8-15(9-7-14)16-10-12-17(13-11-16)19-18(20)21/h4-5,10-15H,2-3,6-9H2,1H3,(H2,19,20,21)/b5-4+/t14-,15-. The summed E-state index contributed by atoms with van der Waals surface area (Å²) in [6, 6.07) is 8.66. The van der Waals surface area contributed by atoms with Crippen LogP contribution in [0.2, 0.25) is 0 Å². The number of unbranched alkanes of at least 4 members (excludes halogenated alkanes) is 1. The van der Waals surface area contributed by atoms with E-state index < -0.39 is 0 Å². The van der Waals surface area contributed by atoms with E-state index >= 15 is 0 Å². The number of allylic oxidation sites excluding steroid dienone is 2. The first-order valence-electron chi connectivity index (χ1n) is 7.95. The first kappa shape index (κ1) is 16.6. The second kappa shape index (κ2) is 8.60. The van der Waals surface area contributed by atoms with Gasteiger partial charge < -0.3 is 5.32 Å². The van der Waals surface area contributed by atoms with Crippen molar-refractivity contribution in [1.82, 2.24) is 0 Å². The number of hydrogen-bond donors (Lipinski definition) is 2. The Kier molecular flexibility index (Phi) is 6.78. The maximum absolute atomic E-state index is 4.94. The van der Waals surface area contributed by atoms with Crippen LogP contribution < -0.4 is 5.32 Å². The zero-order chi connectivity index (χ0) is 15.1. The average molecular weight is 320 g/mol. The van der Waals surface area contributed by atoms with E-state index in [0.717, 1.165) is 17.5 Å². The lowest BCUT2D eigenvalue weighted by molar-refractivity contribution is 0.375. The van der Waals surface area contributed by atoms with E-state index in [9.17, 15) is 0 Å². The van der Waals surface area contributed by atoms with Crippen molar-refractivity contribution in [2.45, 2.75) is 51.4 Å². The quantitative estimate of drug-likeness (QED) is 0.395. The summed E-state index contributed by atoms with van der Waals surface area (Å²) in [6.07, 6.45) is 12.5. The predicted octanol–water partition coefficient (Wildman–Crippen LogP) is 5.94. The summed E-state index contributed by atoms with van der Waals surface area (Å²) in [5, 5.41) is 3.06. The lowest BCUT2D eigenvalue weighted by Crippen LogP contribution is -2.11. The fraction of sp³-hybridized carbons (Fsp3) is 0.500. The Bertz CT molecular complexity index is 470. The molecular formula is C18H25NS2. The van der Waals surface area contributed by atoms with Crippen LogP contribution in [-0.4, -0.2) is 4.32 Å². The van der Waals surface area contributed by atoms with Crippen LogP contribution in [0.4, 0.5) is 5.69 Å². The highest BCUT2D eigenvalue weighted by molar-refractivity contribution is 8.11. The molecule has 0 radical (unpaired) electrons. The minimum Gasteiger partial charge on any atom is -0.341 e. The SMILES string of the molecule is CCC/C=C/[C@H]1CC[C@H](c2ccc(NC(=S)S)cc2)CC1. The molecule has 1 aromatic rings. The first-order valence-corrected chi connectivity index (χ1v) is 8.81. The largest absolute Gasteiger partial charge is 0.341 e. The number of anilines is 1. The summed E-state index contributed by atoms with van der Waals surface area (Å²) in [7, 11) is 0. The number of benzene rings is 1. The van der Waals surface area contributed by atoms with Crippen molar-refractivity contribution in [3.8, 4) is 0 Å². The maximum Gasteiger partial charge on any atom is 0.135 e. The van der Waals surface area contributed by atoms with Crippen LogP contribution in [0.5, 0.6) is 0 Å². The highest BCUT2D eigenvalue weighted by atomic mass is 32.1. The molecule has 0 saturated heterocycles. The van der Waals surface area contributed by atoms with Crippen LogP contribution in [0.3, 0.4) is 0 Å². The molecule has 0 amide bonds. The van der Waals surface area contributed by atoms with Crippen LogP contribution >= 0.6 is 24.8 Å². The number of rotatable bonds is 5. The summed E-state index contributed by atoms with van der Waals surface area (Å²) >= 11 is 9.03. The van der Waals surface area contributed by atoms with E-state index in [4.69, 9.17) is 12.2 Å². The zero-order valence-electron chi connectivity index (χ0n) is 12.7. The van der Waals surface area contributed by atoms with Crippen molar-refractivity contribution < 1.29 is 0 Å². The van der Waals surface area contributed by atoms with Crippen molar-refractivity contribution in [1.29, 1.82) is 0 Å². The molecule has 1 nitrogen and oxygen atoms in total. The van der Waals surface area contributed by atoms with Gasteiger partial charge in [-0.2, -0.15) is 0 Å². The lowest BCUT2D eigenvalue weighted by atomic mass is 9.78. The molecule has 0 aliphatic heterocycles. The molecule has 114 valence electrons. The molecule has 0 heterocycles. The first-order chi connectivity index (χ1) is 10.2. The monoisotopic (exact) mass is 319 g/mol. The van der Waals surface area contributed by atoms with Gasteiger partial charge in [0.1, 0.15) is 4.32 Å². The van der Waals surface area contributed by atoms with Crippen molar-refractivity contribution in [2.24, 2.45) is 5.92 Å². The van der Waals surface area contributed by atoms with Crippen molar-refractivity contribution in [3.05, 3.63) is 42.0 Å². The van der Waals surface area contributed by atoms with Gasteiger partial charge in [0.15, 0.2) is 0 Å². The van der Waals surface area contributed by atoms with Crippen LogP contribution in [0.1, 0.15) is 56.9 Å². The Morgan fingerprint density at radius 3 is 2.48 bits per heavy atom. The second-order valence-electron chi connectivity index (χ2n) is 5.88. The third-order valence-corrected chi connectivity index (χ3v) is 4.48. The topological polar surface area (TPSA) is 12.0 Å². The zero-order valence-corrected chi connectivity index (χ0v) is 14.4. The molecule has 1 aliphatic carbocycles. The fourth-order valence-electron chi connectivity index (χ4n) is 3.06. The highest BCUT2D eigenvalue weighted by Gasteiger charge is 2.20. The van der Waals surface area contributed by atoms with Gasteiger partial charge in [0.2, 0.25) is 0 Å². The third-order valence-electron chi connectivity index (χ3n) is 4.27. The molecule has 0 aromatic heterocycles. The molecule has 3 heteroatoms. The predicted molar refractivity (Wildman–Crippen MR) is 100 cm³/mol. The molecule has 1 fully saturated rings. The Hall–Kier alpha value is -0.800. The molecule has 21 heavy (non-hydrogen) atoms. The molecular weight excluding hydrogens is 294 g/mol. The van der Waals surface area contributed by atoms with Gasteiger partial charge in [-0.1, -0.05) is 49.8 Å². The highest BCUT2D eigenvalue weighted by Crippen LogP contribution is 2.36. The van der Waals surface area contributed by atoms with Crippen molar-refractivity contribution >= 4 is 34.9 Å². The van der Waals surface area contributed by atoms with Crippen molar-refractivity contribution in [2.75, 3.05) is 5.32 Å². The van der Waals surface area contributed by atoms with Gasteiger partial charge in [-0.15, -0.1) is 12.6 Å². The number of nitrogens with one attached hydrogen (secondary N) is 1. The Labute approximate surface area is 139 Å². The van der Waals surface area contributed by atoms with E-state index in [-0.39, 0.29) is 0 Å². The summed E-state index contributed by atoms with van der Waals surface area (Å²) in [5.41, 5.74) is 2.48. The normalized spacial score (nSPS) is 22.4. The second-order valence-corrected chi connectivity index (χ2v) is 7.04. The summed E-state index contributed by atoms with van der Waals surface area (Å²) in [5.74, 6) is 1.52. The maximum atomic E-state index is 4.94. The van der Waals surface area contributed by atoms with Gasteiger partial charge >= 0.3 is 0 Å². The van der Waals surface area contributed by atoms with E-state index in [1.165, 1.54) is 44.1 Å². The fourth-order valence-corrected chi connectivity index (χ4v) is 3.31. The smallest absolute Gasteiger partial charge is 0.135 e. The van der Waals surface area contributed by atoms with E-state index in [0.29, 0.717) is 4.32 Å². The average Bonchev–Trinajstić information content (AvgIpc) is 2.49. The number of thiocarbonyl (C=S) groups is 1. The Morgan fingerprint density at radius 2 is 1.90 bits per heavy atom. The van der Waals surface area contributed by atoms with Crippen LogP contribution in [-0.2, 0) is 0 Å². The third kappa shape index (κ3) is 5.48. The van der Waals surface area contributed by atoms with Gasteiger partial charge in [-0.25, -0.2) is 0 Å². The minimum absolute atomic E-state index is 0.516. The van der Waals surface area contributed by atoms with Gasteiger partial charge in [0, 0.05) is 5.69 Å². The molecule has 0 spiro atoms. The van der Waals surface area contributed by atoms with Gasteiger partial charge in [0.05, 0.1) is 0 Å². The molecule has 0 unspecified atom stereocenters. The molecule has 0 bridgehead atoms. The van der Waals surface area contributed by atoms with Crippen LogP contribution in [0.25, 0.3) is 0 Å². The van der Waals surface area contributed by atoms with E-state index in [1.807, 2.05) is 0 Å². The summed E-state index contributed by atoms with van der Waals surface area (Å²) in [4.78, 5) is 0. The number of hydrogen-bond acceptors (Lipinski definition) is 1. The molecule has 0 atom stereocenters. The van der Waals surface area contributed by atoms with E-state index in [2.05, 4.69) is 61.3 Å². The van der Waals surface area contributed by atoms with Crippen LogP contribution in [0, 0.1) is 5.92 Å². The lowest BCUT2D eigenvalue weighted by Gasteiger charge is -2.27. The molecule has 1 saturated carbocycles. The van der Waals surface area contributed by atoms with Crippen LogP contribution in [0.15, 0.2) is 36.4 Å². The van der Waals surface area contributed by atoms with Gasteiger partial charge in [-0.05, 0) is 61.6 Å². The number of thiol groups is 1. The minimum atomic E-state index is 0.516. The van der Waals surface area contributed by atoms with Crippen molar-refractivity contribution in [3.63, 3.8) is 0 Å².